The highest BCUT2D eigenvalue weighted by molar-refractivity contribution is 6.21. The molecule has 3 heterocycles. The van der Waals surface area contributed by atoms with Crippen LogP contribution < -0.4 is 0 Å². The zero-order chi connectivity index (χ0) is 42.1. The summed E-state index contributed by atoms with van der Waals surface area (Å²) in [6.07, 6.45) is 0. The van der Waals surface area contributed by atoms with Crippen molar-refractivity contribution in [2.45, 2.75) is 0 Å². The third-order valence-corrected chi connectivity index (χ3v) is 12.7. The quantitative estimate of drug-likeness (QED) is 0.168. The number of rotatable bonds is 6. The lowest BCUT2D eigenvalue weighted by atomic mass is 10.0. The maximum absolute atomic E-state index is 5.16. The van der Waals surface area contributed by atoms with Gasteiger partial charge >= 0.3 is 0 Å². The summed E-state index contributed by atoms with van der Waals surface area (Å²) in [6.45, 7) is 0. The molecule has 5 nitrogen and oxygen atoms in total. The highest BCUT2D eigenvalue weighted by Gasteiger charge is 2.23. The zero-order valence-electron chi connectivity index (χ0n) is 34.6. The SMILES string of the molecule is c1ccc(-c2cccc(-c3nc(-c4ccccc4)nc(-c4ccc(-n5c6ccccc6c6cc7ccccc7c(-n7c8ccccc8c8cc9ccccc9cc87)c65)cc4)n3)c2)cc1. The first-order chi connectivity index (χ1) is 31.7. The van der Waals surface area contributed by atoms with Gasteiger partial charge in [0.25, 0.3) is 0 Å². The van der Waals surface area contributed by atoms with Crippen LogP contribution in [-0.4, -0.2) is 24.1 Å². The molecule has 5 heteroatoms. The summed E-state index contributed by atoms with van der Waals surface area (Å²) < 4.78 is 4.96. The van der Waals surface area contributed by atoms with Crippen LogP contribution >= 0.6 is 0 Å². The van der Waals surface area contributed by atoms with Crippen LogP contribution in [0.25, 0.3) is 122 Å². The molecule has 0 aliphatic heterocycles. The molecule has 0 fully saturated rings. The Morgan fingerprint density at radius 2 is 0.750 bits per heavy atom. The van der Waals surface area contributed by atoms with Crippen molar-refractivity contribution in [3.63, 3.8) is 0 Å². The molecule has 64 heavy (non-hydrogen) atoms. The van der Waals surface area contributed by atoms with Gasteiger partial charge < -0.3 is 9.13 Å². The Hall–Kier alpha value is -8.67. The van der Waals surface area contributed by atoms with E-state index < -0.39 is 0 Å². The maximum Gasteiger partial charge on any atom is 0.164 e. The van der Waals surface area contributed by atoms with Crippen molar-refractivity contribution >= 4 is 65.2 Å². The molecule has 3 aromatic heterocycles. The Balaban J connectivity index is 1.04. The molecule has 0 amide bonds. The van der Waals surface area contributed by atoms with Crippen molar-refractivity contribution in [1.29, 1.82) is 0 Å². The van der Waals surface area contributed by atoms with Gasteiger partial charge in [-0.2, -0.15) is 0 Å². The minimum atomic E-state index is 0.618. The van der Waals surface area contributed by atoms with Crippen LogP contribution in [0.4, 0.5) is 0 Å². The van der Waals surface area contributed by atoms with Gasteiger partial charge in [0.1, 0.15) is 0 Å². The fraction of sp³-hybridized carbons (Fsp3) is 0. The van der Waals surface area contributed by atoms with Gasteiger partial charge in [0.05, 0.1) is 27.8 Å². The van der Waals surface area contributed by atoms with Crippen LogP contribution in [0.5, 0.6) is 0 Å². The van der Waals surface area contributed by atoms with E-state index in [4.69, 9.17) is 15.0 Å². The van der Waals surface area contributed by atoms with Crippen molar-refractivity contribution < 1.29 is 0 Å². The van der Waals surface area contributed by atoms with E-state index in [-0.39, 0.29) is 0 Å². The number of nitrogens with zero attached hydrogens (tertiary/aromatic N) is 5. The predicted octanol–water partition coefficient (Wildman–Crippen LogP) is 15.0. The first kappa shape index (κ1) is 36.0. The van der Waals surface area contributed by atoms with Crippen LogP contribution in [0.15, 0.2) is 224 Å². The number of fused-ring (bicyclic) bond motifs is 8. The highest BCUT2D eigenvalue weighted by atomic mass is 15.1. The second-order valence-corrected chi connectivity index (χ2v) is 16.4. The van der Waals surface area contributed by atoms with E-state index in [9.17, 15) is 0 Å². The minimum absolute atomic E-state index is 0.618. The molecule has 0 saturated heterocycles. The summed E-state index contributed by atoms with van der Waals surface area (Å²) in [5, 5.41) is 9.71. The van der Waals surface area contributed by atoms with E-state index >= 15 is 0 Å². The van der Waals surface area contributed by atoms with Gasteiger partial charge in [-0.3, -0.25) is 0 Å². The molecule has 13 aromatic rings. The summed E-state index contributed by atoms with van der Waals surface area (Å²) >= 11 is 0. The fourth-order valence-corrected chi connectivity index (χ4v) is 9.74. The number of aromatic nitrogens is 5. The lowest BCUT2D eigenvalue weighted by molar-refractivity contribution is 1.07. The van der Waals surface area contributed by atoms with Crippen molar-refractivity contribution in [2.24, 2.45) is 0 Å². The lowest BCUT2D eigenvalue weighted by Crippen LogP contribution is -2.02. The maximum atomic E-state index is 5.16. The third kappa shape index (κ3) is 5.75. The minimum Gasteiger partial charge on any atom is -0.307 e. The Morgan fingerprint density at radius 1 is 0.266 bits per heavy atom. The molecular weight excluding hydrogens is 779 g/mol. The molecule has 13 rings (SSSR count). The number of hydrogen-bond donors (Lipinski definition) is 0. The summed E-state index contributed by atoms with van der Waals surface area (Å²) in [4.78, 5) is 15.3. The molecule has 0 saturated carbocycles. The first-order valence-electron chi connectivity index (χ1n) is 21.7. The second kappa shape index (κ2) is 14.5. The zero-order valence-corrected chi connectivity index (χ0v) is 34.6. The molecule has 10 aromatic carbocycles. The highest BCUT2D eigenvalue weighted by Crippen LogP contribution is 2.44. The van der Waals surface area contributed by atoms with E-state index in [1.54, 1.807) is 0 Å². The Bertz CT molecular complexity index is 3940. The van der Waals surface area contributed by atoms with Crippen molar-refractivity contribution in [2.75, 3.05) is 0 Å². The Kier molecular flexibility index (Phi) is 8.15. The first-order valence-corrected chi connectivity index (χ1v) is 21.7. The van der Waals surface area contributed by atoms with E-state index in [0.29, 0.717) is 17.5 Å². The third-order valence-electron chi connectivity index (χ3n) is 12.7. The molecule has 0 unspecified atom stereocenters. The normalized spacial score (nSPS) is 11.8. The summed E-state index contributed by atoms with van der Waals surface area (Å²) in [7, 11) is 0. The van der Waals surface area contributed by atoms with E-state index in [1.165, 1.54) is 54.1 Å². The summed E-state index contributed by atoms with van der Waals surface area (Å²) in [5.41, 5.74) is 11.9. The molecule has 298 valence electrons. The second-order valence-electron chi connectivity index (χ2n) is 16.4. The number of hydrogen-bond acceptors (Lipinski definition) is 3. The van der Waals surface area contributed by atoms with Crippen molar-refractivity contribution in [1.82, 2.24) is 24.1 Å². The van der Waals surface area contributed by atoms with Crippen LogP contribution in [-0.2, 0) is 0 Å². The number of benzene rings is 10. The van der Waals surface area contributed by atoms with Gasteiger partial charge in [-0.05, 0) is 87.9 Å². The standard InChI is InChI=1S/C59H37N5/c1-3-16-38(17-4-1)41-23-15-24-45(34-41)59-61-57(39-18-5-2-6-19-39)60-58(62-59)40-30-32-46(33-31-40)63-52-28-13-12-27-49(52)51-36-44-22-9-10-25-47(44)55(56(51)63)64-53-29-14-11-26-48(53)50-35-42-20-7-8-21-43(42)37-54(50)64/h1-37H. The molecule has 0 spiro atoms. The van der Waals surface area contributed by atoms with Gasteiger partial charge in [-0.15, -0.1) is 0 Å². The van der Waals surface area contributed by atoms with E-state index in [2.05, 4.69) is 209 Å². The Morgan fingerprint density at radius 3 is 1.45 bits per heavy atom. The average Bonchev–Trinajstić information content (AvgIpc) is 3.87. The molecule has 0 atom stereocenters. The molecule has 0 aliphatic rings. The molecule has 0 bridgehead atoms. The van der Waals surface area contributed by atoms with Gasteiger partial charge in [0.15, 0.2) is 17.5 Å². The summed E-state index contributed by atoms with van der Waals surface area (Å²) in [6, 6.07) is 79.9. The molecular formula is C59H37N5. The van der Waals surface area contributed by atoms with Gasteiger partial charge in [-0.25, -0.2) is 15.0 Å². The summed E-state index contributed by atoms with van der Waals surface area (Å²) in [5.74, 6) is 1.88. The molecule has 0 radical (unpaired) electrons. The smallest absolute Gasteiger partial charge is 0.164 e. The van der Waals surface area contributed by atoms with Crippen LogP contribution in [0.1, 0.15) is 0 Å². The molecule has 0 N–H and O–H groups in total. The van der Waals surface area contributed by atoms with E-state index in [1.807, 2.05) is 24.3 Å². The van der Waals surface area contributed by atoms with E-state index in [0.717, 1.165) is 50.2 Å². The monoisotopic (exact) mass is 815 g/mol. The average molecular weight is 816 g/mol. The fourth-order valence-electron chi connectivity index (χ4n) is 9.74. The Labute approximate surface area is 368 Å². The van der Waals surface area contributed by atoms with Gasteiger partial charge in [-0.1, -0.05) is 164 Å². The van der Waals surface area contributed by atoms with Gasteiger partial charge in [0.2, 0.25) is 0 Å². The number of para-hydroxylation sites is 2. The van der Waals surface area contributed by atoms with Gasteiger partial charge in [0, 0.05) is 49.3 Å². The molecule has 0 aliphatic carbocycles. The van der Waals surface area contributed by atoms with Crippen molar-refractivity contribution in [3.05, 3.63) is 224 Å². The van der Waals surface area contributed by atoms with Crippen LogP contribution in [0.2, 0.25) is 0 Å². The lowest BCUT2D eigenvalue weighted by Gasteiger charge is -2.17. The predicted molar refractivity (Wildman–Crippen MR) is 265 cm³/mol. The topological polar surface area (TPSA) is 48.5 Å². The van der Waals surface area contributed by atoms with Crippen molar-refractivity contribution in [3.8, 4) is 56.7 Å². The van der Waals surface area contributed by atoms with Crippen LogP contribution in [0.3, 0.4) is 0 Å². The largest absolute Gasteiger partial charge is 0.307 e. The van der Waals surface area contributed by atoms with Crippen LogP contribution in [0, 0.1) is 0 Å².